The lowest BCUT2D eigenvalue weighted by Crippen LogP contribution is -2.37. The van der Waals surface area contributed by atoms with Crippen LogP contribution < -0.4 is 10.2 Å². The van der Waals surface area contributed by atoms with Crippen molar-refractivity contribution in [1.29, 1.82) is 0 Å². The Balaban J connectivity index is 1.35. The number of imidazole rings is 1. The van der Waals surface area contributed by atoms with Crippen LogP contribution in [0.25, 0.3) is 11.0 Å². The minimum absolute atomic E-state index is 0.330. The SMILES string of the molecule is COC1CCN(c2nccc(Nc3cc4c(cn3)ncn4C3CCOC3)n2)CC1. The third-order valence-corrected chi connectivity index (χ3v) is 5.72. The van der Waals surface area contributed by atoms with Crippen LogP contribution in [0.3, 0.4) is 0 Å². The first kappa shape index (κ1) is 18.3. The van der Waals surface area contributed by atoms with Gasteiger partial charge < -0.3 is 24.3 Å². The zero-order valence-corrected chi connectivity index (χ0v) is 16.5. The van der Waals surface area contributed by atoms with Crippen LogP contribution in [0.15, 0.2) is 30.9 Å². The molecule has 3 aromatic heterocycles. The highest BCUT2D eigenvalue weighted by Crippen LogP contribution is 2.26. The number of aromatic nitrogens is 5. The van der Waals surface area contributed by atoms with Gasteiger partial charge in [0.1, 0.15) is 17.2 Å². The van der Waals surface area contributed by atoms with E-state index in [2.05, 4.69) is 29.7 Å². The maximum atomic E-state index is 5.53. The van der Waals surface area contributed by atoms with Gasteiger partial charge in [-0.25, -0.2) is 15.0 Å². The van der Waals surface area contributed by atoms with Gasteiger partial charge in [0.25, 0.3) is 0 Å². The van der Waals surface area contributed by atoms with Crippen molar-refractivity contribution in [2.24, 2.45) is 0 Å². The maximum Gasteiger partial charge on any atom is 0.227 e. The molecule has 0 aromatic carbocycles. The van der Waals surface area contributed by atoms with Crippen LogP contribution in [-0.2, 0) is 9.47 Å². The molecule has 0 radical (unpaired) electrons. The zero-order chi connectivity index (χ0) is 19.6. The van der Waals surface area contributed by atoms with Crippen molar-refractivity contribution in [3.05, 3.63) is 30.9 Å². The number of hydrogen-bond acceptors (Lipinski definition) is 8. The van der Waals surface area contributed by atoms with E-state index >= 15 is 0 Å². The lowest BCUT2D eigenvalue weighted by atomic mass is 10.1. The van der Waals surface area contributed by atoms with Crippen molar-refractivity contribution in [1.82, 2.24) is 24.5 Å². The monoisotopic (exact) mass is 395 g/mol. The van der Waals surface area contributed by atoms with Gasteiger partial charge in [-0.15, -0.1) is 0 Å². The van der Waals surface area contributed by atoms with Gasteiger partial charge in [0.05, 0.1) is 36.8 Å². The van der Waals surface area contributed by atoms with Gasteiger partial charge in [0.2, 0.25) is 5.95 Å². The van der Waals surface area contributed by atoms with Gasteiger partial charge in [-0.05, 0) is 25.3 Å². The molecule has 0 saturated carbocycles. The van der Waals surface area contributed by atoms with Gasteiger partial charge in [0, 0.05) is 39.1 Å². The van der Waals surface area contributed by atoms with Gasteiger partial charge in [-0.1, -0.05) is 0 Å². The molecule has 2 aliphatic heterocycles. The highest BCUT2D eigenvalue weighted by atomic mass is 16.5. The molecule has 2 fully saturated rings. The fourth-order valence-electron chi connectivity index (χ4n) is 4.02. The van der Waals surface area contributed by atoms with Crippen molar-refractivity contribution in [3.63, 3.8) is 0 Å². The third kappa shape index (κ3) is 3.75. The Morgan fingerprint density at radius 1 is 1.14 bits per heavy atom. The molecule has 5 rings (SSSR count). The summed E-state index contributed by atoms with van der Waals surface area (Å²) in [5.41, 5.74) is 1.93. The van der Waals surface area contributed by atoms with Crippen LogP contribution in [0.1, 0.15) is 25.3 Å². The highest BCUT2D eigenvalue weighted by molar-refractivity contribution is 5.78. The van der Waals surface area contributed by atoms with Crippen LogP contribution in [-0.4, -0.2) is 64.0 Å². The normalized spacial score (nSPS) is 20.4. The molecule has 2 aliphatic rings. The van der Waals surface area contributed by atoms with Gasteiger partial charge >= 0.3 is 0 Å². The molecule has 1 unspecified atom stereocenters. The lowest BCUT2D eigenvalue weighted by molar-refractivity contribution is 0.0816. The summed E-state index contributed by atoms with van der Waals surface area (Å²) in [6.45, 7) is 3.32. The number of anilines is 3. The summed E-state index contributed by atoms with van der Waals surface area (Å²) in [7, 11) is 1.77. The molecule has 1 N–H and O–H groups in total. The second-order valence-corrected chi connectivity index (χ2v) is 7.52. The fourth-order valence-corrected chi connectivity index (χ4v) is 4.02. The Kier molecular flexibility index (Phi) is 4.99. The van der Waals surface area contributed by atoms with E-state index in [0.717, 1.165) is 74.2 Å². The predicted molar refractivity (Wildman–Crippen MR) is 110 cm³/mol. The summed E-state index contributed by atoms with van der Waals surface area (Å²) in [4.78, 5) is 20.3. The molecule has 5 heterocycles. The number of piperidine rings is 1. The van der Waals surface area contributed by atoms with Crippen molar-refractivity contribution >= 4 is 28.6 Å². The third-order valence-electron chi connectivity index (χ3n) is 5.72. The first-order chi connectivity index (χ1) is 14.3. The number of nitrogens with zero attached hydrogens (tertiary/aromatic N) is 6. The van der Waals surface area contributed by atoms with Crippen LogP contribution in [0.2, 0.25) is 0 Å². The summed E-state index contributed by atoms with van der Waals surface area (Å²) in [6.07, 6.45) is 8.77. The summed E-state index contributed by atoms with van der Waals surface area (Å²) in [5.74, 6) is 2.20. The largest absolute Gasteiger partial charge is 0.381 e. The van der Waals surface area contributed by atoms with Crippen LogP contribution in [0.5, 0.6) is 0 Å². The van der Waals surface area contributed by atoms with E-state index in [9.17, 15) is 0 Å². The topological polar surface area (TPSA) is 90.2 Å². The molecule has 3 aromatic rings. The van der Waals surface area contributed by atoms with E-state index in [1.807, 2.05) is 18.5 Å². The van der Waals surface area contributed by atoms with Crippen LogP contribution in [0, 0.1) is 0 Å². The number of fused-ring (bicyclic) bond motifs is 1. The Bertz CT molecular complexity index is 978. The Hall–Kier alpha value is -2.78. The average Bonchev–Trinajstić information content (AvgIpc) is 3.43. The molecule has 29 heavy (non-hydrogen) atoms. The molecule has 2 saturated heterocycles. The van der Waals surface area contributed by atoms with Gasteiger partial charge in [0.15, 0.2) is 0 Å². The zero-order valence-electron chi connectivity index (χ0n) is 16.5. The molecule has 0 amide bonds. The maximum absolute atomic E-state index is 5.53. The standard InChI is InChI=1S/C20H25N7O2/c1-28-15-3-7-26(8-4-15)20-21-6-2-18(25-20)24-19-10-17-16(11-22-19)23-13-27(17)14-5-9-29-12-14/h2,6,10-11,13-15H,3-5,7-9,12H2,1H3,(H,21,22,24,25). The summed E-state index contributed by atoms with van der Waals surface area (Å²) < 4.78 is 13.2. The Labute approximate surface area is 169 Å². The quantitative estimate of drug-likeness (QED) is 0.705. The molecular weight excluding hydrogens is 370 g/mol. The van der Waals surface area contributed by atoms with E-state index < -0.39 is 0 Å². The summed E-state index contributed by atoms with van der Waals surface area (Å²) in [6, 6.07) is 4.21. The lowest BCUT2D eigenvalue weighted by Gasteiger charge is -2.31. The number of nitrogens with one attached hydrogen (secondary N) is 1. The average molecular weight is 395 g/mol. The number of methoxy groups -OCH3 is 1. The van der Waals surface area contributed by atoms with Gasteiger partial charge in [-0.3, -0.25) is 0 Å². The first-order valence-corrected chi connectivity index (χ1v) is 10.1. The van der Waals surface area contributed by atoms with E-state index in [1.165, 1.54) is 0 Å². The second kappa shape index (κ2) is 7.92. The van der Waals surface area contributed by atoms with Crippen LogP contribution >= 0.6 is 0 Å². The summed E-state index contributed by atoms with van der Waals surface area (Å²) in [5, 5.41) is 3.32. The predicted octanol–water partition coefficient (Wildman–Crippen LogP) is 2.54. The molecule has 1 atom stereocenters. The van der Waals surface area contributed by atoms with E-state index in [-0.39, 0.29) is 0 Å². The smallest absolute Gasteiger partial charge is 0.227 e. The molecule has 9 nitrogen and oxygen atoms in total. The molecular formula is C20H25N7O2. The summed E-state index contributed by atoms with van der Waals surface area (Å²) >= 11 is 0. The Morgan fingerprint density at radius 2 is 2.03 bits per heavy atom. The number of ether oxygens (including phenoxy) is 2. The van der Waals surface area contributed by atoms with E-state index in [4.69, 9.17) is 14.5 Å². The molecule has 0 bridgehead atoms. The van der Waals surface area contributed by atoms with Crippen molar-refractivity contribution in [3.8, 4) is 0 Å². The molecule has 0 spiro atoms. The van der Waals surface area contributed by atoms with Crippen molar-refractivity contribution in [2.75, 3.05) is 43.6 Å². The first-order valence-electron chi connectivity index (χ1n) is 10.1. The van der Waals surface area contributed by atoms with Gasteiger partial charge in [-0.2, -0.15) is 4.98 Å². The van der Waals surface area contributed by atoms with Crippen molar-refractivity contribution in [2.45, 2.75) is 31.4 Å². The Morgan fingerprint density at radius 3 is 2.83 bits per heavy atom. The highest BCUT2D eigenvalue weighted by Gasteiger charge is 2.21. The minimum Gasteiger partial charge on any atom is -0.381 e. The molecule has 0 aliphatic carbocycles. The van der Waals surface area contributed by atoms with E-state index in [1.54, 1.807) is 19.5 Å². The number of pyridine rings is 1. The van der Waals surface area contributed by atoms with E-state index in [0.29, 0.717) is 12.1 Å². The van der Waals surface area contributed by atoms with Crippen LogP contribution in [0.4, 0.5) is 17.6 Å². The number of rotatable bonds is 5. The van der Waals surface area contributed by atoms with Crippen molar-refractivity contribution < 1.29 is 9.47 Å². The number of hydrogen-bond donors (Lipinski definition) is 1. The molecule has 152 valence electrons. The minimum atomic E-state index is 0.330. The molecule has 9 heteroatoms. The second-order valence-electron chi connectivity index (χ2n) is 7.52. The fraction of sp³-hybridized carbons (Fsp3) is 0.500.